The van der Waals surface area contributed by atoms with E-state index < -0.39 is 30.5 Å². The number of methoxy groups -OCH3 is 1. The molecule has 8 heteroatoms. The Hall–Kier alpha value is -1.99. The summed E-state index contributed by atoms with van der Waals surface area (Å²) in [6, 6.07) is 2.88. The first-order valence-electron chi connectivity index (χ1n) is 5.67. The van der Waals surface area contributed by atoms with Gasteiger partial charge in [-0.25, -0.2) is 4.39 Å². The van der Waals surface area contributed by atoms with Crippen LogP contribution in [0.15, 0.2) is 18.2 Å². The molecule has 4 nitrogen and oxygen atoms in total. The van der Waals surface area contributed by atoms with Crippen LogP contribution in [0.1, 0.15) is 6.92 Å². The zero-order chi connectivity index (χ0) is 15.3. The zero-order valence-corrected chi connectivity index (χ0v) is 10.8. The van der Waals surface area contributed by atoms with Crippen molar-refractivity contribution in [1.29, 1.82) is 0 Å². The summed E-state index contributed by atoms with van der Waals surface area (Å²) in [4.78, 5) is 11.4. The Labute approximate surface area is 113 Å². The molecule has 0 heterocycles. The van der Waals surface area contributed by atoms with Gasteiger partial charge in [0.2, 0.25) is 5.91 Å². The predicted octanol–water partition coefficient (Wildman–Crippen LogP) is 2.31. The molecule has 1 atom stereocenters. The number of benzene rings is 1. The number of ether oxygens (including phenoxy) is 1. The second-order valence-electron chi connectivity index (χ2n) is 4.05. The summed E-state index contributed by atoms with van der Waals surface area (Å²) < 4.78 is 53.8. The lowest BCUT2D eigenvalue weighted by atomic mass is 10.2. The van der Waals surface area contributed by atoms with Gasteiger partial charge in [-0.15, -0.1) is 0 Å². The molecule has 0 saturated heterocycles. The van der Waals surface area contributed by atoms with E-state index in [1.807, 2.05) is 0 Å². The summed E-state index contributed by atoms with van der Waals surface area (Å²) in [5, 5.41) is 4.40. The highest BCUT2D eigenvalue weighted by Crippen LogP contribution is 2.22. The van der Waals surface area contributed by atoms with Crippen molar-refractivity contribution in [2.75, 3.05) is 19.0 Å². The minimum atomic E-state index is -4.46. The maximum Gasteiger partial charge on any atom is 0.405 e. The number of halogens is 4. The molecule has 0 fully saturated rings. The van der Waals surface area contributed by atoms with Crippen LogP contribution in [-0.2, 0) is 4.79 Å². The van der Waals surface area contributed by atoms with Gasteiger partial charge in [-0.05, 0) is 19.1 Å². The Balaban J connectivity index is 2.61. The molecule has 1 amide bonds. The van der Waals surface area contributed by atoms with Crippen molar-refractivity contribution in [3.05, 3.63) is 24.0 Å². The van der Waals surface area contributed by atoms with E-state index in [0.29, 0.717) is 5.69 Å². The fourth-order valence-corrected chi connectivity index (χ4v) is 1.41. The molecular weight excluding hydrogens is 280 g/mol. The Kier molecular flexibility index (Phi) is 5.18. The first kappa shape index (κ1) is 16.1. The smallest absolute Gasteiger partial charge is 0.405 e. The van der Waals surface area contributed by atoms with E-state index in [0.717, 1.165) is 6.07 Å². The fraction of sp³-hybridized carbons (Fsp3) is 0.417. The third-order valence-electron chi connectivity index (χ3n) is 2.39. The van der Waals surface area contributed by atoms with Crippen molar-refractivity contribution in [3.8, 4) is 5.75 Å². The van der Waals surface area contributed by atoms with Crippen molar-refractivity contribution in [2.24, 2.45) is 0 Å². The maximum absolute atomic E-state index is 13.2. The number of carbonyl (C=O) groups is 1. The average Bonchev–Trinajstić information content (AvgIpc) is 2.37. The van der Waals surface area contributed by atoms with Crippen LogP contribution in [0, 0.1) is 5.82 Å². The van der Waals surface area contributed by atoms with E-state index in [1.54, 1.807) is 5.32 Å². The highest BCUT2D eigenvalue weighted by molar-refractivity contribution is 5.84. The second-order valence-corrected chi connectivity index (χ2v) is 4.05. The zero-order valence-electron chi connectivity index (χ0n) is 10.8. The molecule has 2 N–H and O–H groups in total. The summed E-state index contributed by atoms with van der Waals surface area (Å²) >= 11 is 0. The largest absolute Gasteiger partial charge is 0.494 e. The number of anilines is 1. The van der Waals surface area contributed by atoms with E-state index in [2.05, 4.69) is 5.32 Å². The van der Waals surface area contributed by atoms with Gasteiger partial charge in [-0.3, -0.25) is 4.79 Å². The molecule has 0 aliphatic carbocycles. The van der Waals surface area contributed by atoms with Gasteiger partial charge in [0.1, 0.15) is 12.6 Å². The minimum Gasteiger partial charge on any atom is -0.494 e. The molecule has 0 aromatic heterocycles. The number of carbonyl (C=O) groups excluding carboxylic acids is 1. The Morgan fingerprint density at radius 1 is 1.40 bits per heavy atom. The lowest BCUT2D eigenvalue weighted by Crippen LogP contribution is -2.42. The highest BCUT2D eigenvalue weighted by Gasteiger charge is 2.28. The molecule has 1 aromatic rings. The summed E-state index contributed by atoms with van der Waals surface area (Å²) in [6.07, 6.45) is -4.46. The van der Waals surface area contributed by atoms with Crippen LogP contribution in [0.25, 0.3) is 0 Å². The molecule has 0 bridgehead atoms. The van der Waals surface area contributed by atoms with Gasteiger partial charge in [-0.1, -0.05) is 0 Å². The second kappa shape index (κ2) is 6.44. The van der Waals surface area contributed by atoms with E-state index in [4.69, 9.17) is 4.74 Å². The van der Waals surface area contributed by atoms with Crippen molar-refractivity contribution < 1.29 is 27.1 Å². The lowest BCUT2D eigenvalue weighted by molar-refractivity contribution is -0.138. The highest BCUT2D eigenvalue weighted by atomic mass is 19.4. The molecule has 0 saturated carbocycles. The van der Waals surface area contributed by atoms with Gasteiger partial charge in [0.25, 0.3) is 0 Å². The number of amides is 1. The quantitative estimate of drug-likeness (QED) is 0.819. The molecule has 1 rings (SSSR count). The summed E-state index contributed by atoms with van der Waals surface area (Å²) in [5.41, 5.74) is 0.359. The first-order chi connectivity index (χ1) is 9.23. The number of nitrogens with one attached hydrogen (secondary N) is 2. The SMILES string of the molecule is COc1cc(NC(C)C(=O)NCC(F)(F)F)ccc1F. The normalized spacial score (nSPS) is 12.7. The standard InChI is InChI=1S/C12H14F4N2O2/c1-7(11(19)17-6-12(14,15)16)18-8-3-4-9(13)10(5-8)20-2/h3-5,7,18H,6H2,1-2H3,(H,17,19). The fourth-order valence-electron chi connectivity index (χ4n) is 1.41. The van der Waals surface area contributed by atoms with Gasteiger partial charge in [0.15, 0.2) is 11.6 Å². The van der Waals surface area contributed by atoms with Crippen molar-refractivity contribution >= 4 is 11.6 Å². The van der Waals surface area contributed by atoms with Crippen LogP contribution < -0.4 is 15.4 Å². The Morgan fingerprint density at radius 2 is 2.05 bits per heavy atom. The molecule has 0 spiro atoms. The average molecular weight is 294 g/mol. The predicted molar refractivity (Wildman–Crippen MR) is 65.1 cm³/mol. The lowest BCUT2D eigenvalue weighted by Gasteiger charge is -2.16. The molecule has 0 aliphatic heterocycles. The molecular formula is C12H14F4N2O2. The Bertz CT molecular complexity index is 477. The van der Waals surface area contributed by atoms with Gasteiger partial charge in [0, 0.05) is 11.8 Å². The maximum atomic E-state index is 13.2. The topological polar surface area (TPSA) is 50.4 Å². The third kappa shape index (κ3) is 4.94. The van der Waals surface area contributed by atoms with E-state index in [-0.39, 0.29) is 5.75 Å². The van der Waals surface area contributed by atoms with Gasteiger partial charge < -0.3 is 15.4 Å². The van der Waals surface area contributed by atoms with Crippen molar-refractivity contribution in [2.45, 2.75) is 19.1 Å². The van der Waals surface area contributed by atoms with Gasteiger partial charge in [-0.2, -0.15) is 13.2 Å². The third-order valence-corrected chi connectivity index (χ3v) is 2.39. The molecule has 1 aromatic carbocycles. The summed E-state index contributed by atoms with van der Waals surface area (Å²) in [7, 11) is 1.28. The van der Waals surface area contributed by atoms with Crippen LogP contribution in [0.3, 0.4) is 0 Å². The molecule has 20 heavy (non-hydrogen) atoms. The van der Waals surface area contributed by atoms with Crippen LogP contribution >= 0.6 is 0 Å². The number of hydrogen-bond donors (Lipinski definition) is 2. The van der Waals surface area contributed by atoms with Crippen molar-refractivity contribution in [1.82, 2.24) is 5.32 Å². The number of alkyl halides is 3. The molecule has 112 valence electrons. The van der Waals surface area contributed by atoms with Crippen molar-refractivity contribution in [3.63, 3.8) is 0 Å². The Morgan fingerprint density at radius 3 is 2.60 bits per heavy atom. The van der Waals surface area contributed by atoms with E-state index >= 15 is 0 Å². The van der Waals surface area contributed by atoms with E-state index in [9.17, 15) is 22.4 Å². The van der Waals surface area contributed by atoms with E-state index in [1.165, 1.54) is 26.2 Å². The van der Waals surface area contributed by atoms with Crippen LogP contribution in [0.2, 0.25) is 0 Å². The van der Waals surface area contributed by atoms with Crippen LogP contribution in [0.4, 0.5) is 23.2 Å². The van der Waals surface area contributed by atoms with Crippen LogP contribution in [0.5, 0.6) is 5.75 Å². The minimum absolute atomic E-state index is 0.0297. The first-order valence-corrected chi connectivity index (χ1v) is 5.67. The van der Waals surface area contributed by atoms with Gasteiger partial charge >= 0.3 is 6.18 Å². The molecule has 0 aliphatic rings. The number of rotatable bonds is 5. The molecule has 1 unspecified atom stereocenters. The molecule has 0 radical (unpaired) electrons. The van der Waals surface area contributed by atoms with Crippen LogP contribution in [-0.4, -0.2) is 31.8 Å². The number of hydrogen-bond acceptors (Lipinski definition) is 3. The monoisotopic (exact) mass is 294 g/mol. The summed E-state index contributed by atoms with van der Waals surface area (Å²) in [5.74, 6) is -1.42. The van der Waals surface area contributed by atoms with Gasteiger partial charge in [0.05, 0.1) is 7.11 Å². The summed E-state index contributed by atoms with van der Waals surface area (Å²) in [6.45, 7) is -0.00780.